The summed E-state index contributed by atoms with van der Waals surface area (Å²) in [5.74, 6) is -0.411. The Kier molecular flexibility index (Phi) is 6.50. The van der Waals surface area contributed by atoms with Crippen molar-refractivity contribution in [2.45, 2.75) is 30.9 Å². The monoisotopic (exact) mass is 445 g/mol. The Labute approximate surface area is 182 Å². The number of ether oxygens (including phenoxy) is 1. The molecule has 162 valence electrons. The Bertz CT molecular complexity index is 1100. The number of aromatic nitrogens is 2. The summed E-state index contributed by atoms with van der Waals surface area (Å²) in [6.45, 7) is -1.65. The first-order chi connectivity index (χ1) is 15.0. The van der Waals surface area contributed by atoms with Crippen molar-refractivity contribution in [2.24, 2.45) is 0 Å². The van der Waals surface area contributed by atoms with Gasteiger partial charge in [0.25, 0.3) is 0 Å². The van der Waals surface area contributed by atoms with Crippen LogP contribution in [0.1, 0.15) is 35.6 Å². The zero-order valence-corrected chi connectivity index (χ0v) is 17.5. The maximum atomic E-state index is 13.5. The lowest BCUT2D eigenvalue weighted by atomic mass is 10.2. The van der Waals surface area contributed by atoms with Crippen molar-refractivity contribution in [3.63, 3.8) is 0 Å². The molecule has 1 aliphatic rings. The molecular weight excluding hydrogens is 424 g/mol. The smallest absolute Gasteiger partial charge is 0.339 e. The topological polar surface area (TPSA) is 64.4 Å². The molecule has 0 spiro atoms. The van der Waals surface area contributed by atoms with Crippen LogP contribution >= 0.6 is 11.8 Å². The summed E-state index contributed by atoms with van der Waals surface area (Å²) in [5, 5.41) is 0. The summed E-state index contributed by atoms with van der Waals surface area (Å²) in [6, 6.07) is 13.3. The molecule has 1 fully saturated rings. The molecule has 3 aromatic rings. The summed E-state index contributed by atoms with van der Waals surface area (Å²) >= 11 is 1.27. The van der Waals surface area contributed by atoms with E-state index in [0.717, 1.165) is 30.5 Å². The molecule has 1 amide bonds. The van der Waals surface area contributed by atoms with Crippen molar-refractivity contribution >= 4 is 34.7 Å². The van der Waals surface area contributed by atoms with Crippen LogP contribution in [0.5, 0.6) is 0 Å². The number of nitrogens with zero attached hydrogens (tertiary/aromatic N) is 3. The summed E-state index contributed by atoms with van der Waals surface area (Å²) < 4.78 is 33.2. The number of fused-ring (bicyclic) bond motifs is 1. The van der Waals surface area contributed by atoms with Gasteiger partial charge in [-0.1, -0.05) is 24.3 Å². The van der Waals surface area contributed by atoms with Gasteiger partial charge in [-0.3, -0.25) is 9.36 Å². The number of rotatable bonds is 7. The predicted octanol–water partition coefficient (Wildman–Crippen LogP) is 4.50. The SMILES string of the molecule is O=C(OCc1nc2ccccc2n1C(F)F)c1ccccc1SCC(=O)N1CCCC1. The van der Waals surface area contributed by atoms with E-state index in [0.29, 0.717) is 16.0 Å². The minimum Gasteiger partial charge on any atom is -0.454 e. The van der Waals surface area contributed by atoms with E-state index in [-0.39, 0.29) is 29.6 Å². The van der Waals surface area contributed by atoms with Gasteiger partial charge in [-0.25, -0.2) is 9.78 Å². The highest BCUT2D eigenvalue weighted by Crippen LogP contribution is 2.26. The second-order valence-corrected chi connectivity index (χ2v) is 8.13. The van der Waals surface area contributed by atoms with Crippen LogP contribution in [-0.2, 0) is 16.1 Å². The highest BCUT2D eigenvalue weighted by Gasteiger charge is 2.21. The van der Waals surface area contributed by atoms with Crippen molar-refractivity contribution in [1.29, 1.82) is 0 Å². The minimum atomic E-state index is -2.81. The lowest BCUT2D eigenvalue weighted by Crippen LogP contribution is -2.29. The third-order valence-corrected chi connectivity index (χ3v) is 6.17. The molecule has 1 aliphatic heterocycles. The average Bonchev–Trinajstić information content (AvgIpc) is 3.44. The second-order valence-electron chi connectivity index (χ2n) is 7.11. The highest BCUT2D eigenvalue weighted by atomic mass is 32.2. The molecule has 0 saturated carbocycles. The van der Waals surface area contributed by atoms with Gasteiger partial charge in [-0.05, 0) is 37.1 Å². The average molecular weight is 445 g/mol. The number of hydrogen-bond acceptors (Lipinski definition) is 5. The molecule has 1 saturated heterocycles. The molecule has 0 atom stereocenters. The van der Waals surface area contributed by atoms with Crippen molar-refractivity contribution in [2.75, 3.05) is 18.8 Å². The zero-order chi connectivity index (χ0) is 21.8. The largest absolute Gasteiger partial charge is 0.454 e. The number of esters is 1. The molecule has 0 radical (unpaired) electrons. The highest BCUT2D eigenvalue weighted by molar-refractivity contribution is 8.00. The summed E-state index contributed by atoms with van der Waals surface area (Å²) in [5.41, 5.74) is 0.978. The molecule has 1 aromatic heterocycles. The van der Waals surface area contributed by atoms with Crippen molar-refractivity contribution in [3.8, 4) is 0 Å². The third-order valence-electron chi connectivity index (χ3n) is 5.11. The molecule has 2 heterocycles. The Morgan fingerprint density at radius 1 is 1.06 bits per heavy atom. The van der Waals surface area contributed by atoms with Crippen molar-refractivity contribution < 1.29 is 23.1 Å². The maximum absolute atomic E-state index is 13.5. The van der Waals surface area contributed by atoms with Crippen LogP contribution in [0.3, 0.4) is 0 Å². The van der Waals surface area contributed by atoms with E-state index in [2.05, 4.69) is 4.98 Å². The van der Waals surface area contributed by atoms with Gasteiger partial charge in [0.05, 0.1) is 22.3 Å². The van der Waals surface area contributed by atoms with Crippen molar-refractivity contribution in [1.82, 2.24) is 14.5 Å². The number of benzene rings is 2. The van der Waals surface area contributed by atoms with Gasteiger partial charge in [-0.2, -0.15) is 8.78 Å². The molecule has 0 aliphatic carbocycles. The van der Waals surface area contributed by atoms with E-state index in [1.54, 1.807) is 48.5 Å². The lowest BCUT2D eigenvalue weighted by molar-refractivity contribution is -0.127. The first kappa shape index (κ1) is 21.3. The number of halogens is 2. The Morgan fingerprint density at radius 3 is 2.55 bits per heavy atom. The number of imidazole rings is 1. The van der Waals surface area contributed by atoms with Crippen LogP contribution in [0.4, 0.5) is 8.78 Å². The Balaban J connectivity index is 1.45. The summed E-state index contributed by atoms with van der Waals surface area (Å²) in [6.07, 6.45) is 2.03. The Hall–Kier alpha value is -2.94. The molecule has 0 N–H and O–H groups in total. The number of likely N-dealkylation sites (tertiary alicyclic amines) is 1. The first-order valence-electron chi connectivity index (χ1n) is 9.95. The van der Waals surface area contributed by atoms with Gasteiger partial charge in [0.1, 0.15) is 6.61 Å². The van der Waals surface area contributed by atoms with Gasteiger partial charge in [-0.15, -0.1) is 11.8 Å². The summed E-state index contributed by atoms with van der Waals surface area (Å²) in [4.78, 5) is 31.6. The van der Waals surface area contributed by atoms with Crippen LogP contribution in [0.2, 0.25) is 0 Å². The fraction of sp³-hybridized carbons (Fsp3) is 0.318. The zero-order valence-electron chi connectivity index (χ0n) is 16.7. The number of alkyl halides is 2. The molecule has 4 rings (SSSR count). The quantitative estimate of drug-likeness (QED) is 0.396. The van der Waals surface area contributed by atoms with Crippen LogP contribution in [0, 0.1) is 0 Å². The van der Waals surface area contributed by atoms with Gasteiger partial charge < -0.3 is 9.64 Å². The van der Waals surface area contributed by atoms with Crippen molar-refractivity contribution in [3.05, 3.63) is 59.9 Å². The molecule has 31 heavy (non-hydrogen) atoms. The van der Waals surface area contributed by atoms with Gasteiger partial charge in [0, 0.05) is 18.0 Å². The van der Waals surface area contributed by atoms with E-state index < -0.39 is 12.5 Å². The van der Waals surface area contributed by atoms with Crippen LogP contribution in [0.15, 0.2) is 53.4 Å². The van der Waals surface area contributed by atoms with Gasteiger partial charge >= 0.3 is 12.5 Å². The fourth-order valence-corrected chi connectivity index (χ4v) is 4.52. The van der Waals surface area contributed by atoms with Crippen LogP contribution in [0.25, 0.3) is 11.0 Å². The fourth-order valence-electron chi connectivity index (χ4n) is 3.58. The number of para-hydroxylation sites is 2. The van der Waals surface area contributed by atoms with E-state index in [1.165, 1.54) is 11.8 Å². The molecule has 0 bridgehead atoms. The molecule has 9 heteroatoms. The molecule has 2 aromatic carbocycles. The standard InChI is InChI=1S/C22H21F2N3O3S/c23-22(24)27-17-9-3-2-8-16(17)25-19(27)13-30-21(29)15-7-1-4-10-18(15)31-14-20(28)26-11-5-6-12-26/h1-4,7-10,22H,5-6,11-14H2. The molecule has 6 nitrogen and oxygen atoms in total. The normalized spacial score (nSPS) is 13.8. The molecule has 0 unspecified atom stereocenters. The van der Waals surface area contributed by atoms with Gasteiger partial charge in [0.15, 0.2) is 5.82 Å². The molecular formula is C22H21F2N3O3S. The maximum Gasteiger partial charge on any atom is 0.339 e. The first-order valence-corrected chi connectivity index (χ1v) is 10.9. The number of carbonyl (C=O) groups excluding carboxylic acids is 2. The van der Waals surface area contributed by atoms with E-state index >= 15 is 0 Å². The number of hydrogen-bond donors (Lipinski definition) is 0. The van der Waals surface area contributed by atoms with E-state index in [9.17, 15) is 18.4 Å². The van der Waals surface area contributed by atoms with Crippen LogP contribution in [-0.4, -0.2) is 45.2 Å². The minimum absolute atomic E-state index is 0.0288. The second kappa shape index (κ2) is 9.47. The number of carbonyl (C=O) groups is 2. The van der Waals surface area contributed by atoms with E-state index in [1.807, 2.05) is 4.90 Å². The lowest BCUT2D eigenvalue weighted by Gasteiger charge is -2.15. The van der Waals surface area contributed by atoms with Gasteiger partial charge in [0.2, 0.25) is 5.91 Å². The summed E-state index contributed by atoms with van der Waals surface area (Å²) in [7, 11) is 0. The van der Waals surface area contributed by atoms with E-state index in [4.69, 9.17) is 4.74 Å². The Morgan fingerprint density at radius 2 is 1.77 bits per heavy atom. The number of amides is 1. The van der Waals surface area contributed by atoms with Crippen LogP contribution < -0.4 is 0 Å². The predicted molar refractivity (Wildman–Crippen MR) is 113 cm³/mol. The third kappa shape index (κ3) is 4.71. The number of thioether (sulfide) groups is 1.